The predicted molar refractivity (Wildman–Crippen MR) is 115 cm³/mol. The molecule has 1 N–H and O–H groups in total. The SMILES string of the molecule is O=C1N[C@@H](c2ccccc2)CN1Cc1ccc(OCCCN2CCCCC2)c(F)c1. The van der Waals surface area contributed by atoms with Gasteiger partial charge in [0.15, 0.2) is 11.6 Å². The first kappa shape index (κ1) is 20.7. The van der Waals surface area contributed by atoms with Gasteiger partial charge in [-0.25, -0.2) is 9.18 Å². The Bertz CT molecular complexity index is 840. The van der Waals surface area contributed by atoms with Crippen LogP contribution in [0.4, 0.5) is 9.18 Å². The molecule has 2 aromatic carbocycles. The highest BCUT2D eigenvalue weighted by Gasteiger charge is 2.29. The highest BCUT2D eigenvalue weighted by molar-refractivity contribution is 5.77. The van der Waals surface area contributed by atoms with Crippen molar-refractivity contribution in [3.63, 3.8) is 0 Å². The molecule has 0 unspecified atom stereocenters. The number of carbonyl (C=O) groups is 1. The summed E-state index contributed by atoms with van der Waals surface area (Å²) in [6, 6.07) is 14.7. The quantitative estimate of drug-likeness (QED) is 0.657. The van der Waals surface area contributed by atoms with E-state index < -0.39 is 0 Å². The Morgan fingerprint density at radius 2 is 1.87 bits per heavy atom. The summed E-state index contributed by atoms with van der Waals surface area (Å²) in [7, 11) is 0. The van der Waals surface area contributed by atoms with Gasteiger partial charge in [0.25, 0.3) is 0 Å². The largest absolute Gasteiger partial charge is 0.490 e. The molecule has 6 heteroatoms. The van der Waals surface area contributed by atoms with Crippen molar-refractivity contribution in [2.24, 2.45) is 0 Å². The highest BCUT2D eigenvalue weighted by atomic mass is 19.1. The maximum Gasteiger partial charge on any atom is 0.318 e. The molecule has 2 saturated heterocycles. The number of ether oxygens (including phenoxy) is 1. The van der Waals surface area contributed by atoms with Crippen molar-refractivity contribution < 1.29 is 13.9 Å². The van der Waals surface area contributed by atoms with Crippen molar-refractivity contribution in [1.82, 2.24) is 15.1 Å². The molecule has 2 aliphatic rings. The molecule has 30 heavy (non-hydrogen) atoms. The molecule has 0 aromatic heterocycles. The van der Waals surface area contributed by atoms with Gasteiger partial charge in [0.1, 0.15) is 0 Å². The van der Waals surface area contributed by atoms with Crippen LogP contribution in [0.15, 0.2) is 48.5 Å². The van der Waals surface area contributed by atoms with Gasteiger partial charge in [-0.1, -0.05) is 42.8 Å². The lowest BCUT2D eigenvalue weighted by Crippen LogP contribution is -2.31. The van der Waals surface area contributed by atoms with Crippen LogP contribution in [-0.4, -0.2) is 48.6 Å². The van der Waals surface area contributed by atoms with Gasteiger partial charge >= 0.3 is 6.03 Å². The number of benzene rings is 2. The fourth-order valence-electron chi connectivity index (χ4n) is 4.23. The summed E-state index contributed by atoms with van der Waals surface area (Å²) in [5, 5.41) is 2.99. The summed E-state index contributed by atoms with van der Waals surface area (Å²) in [5.74, 6) is -0.0879. The van der Waals surface area contributed by atoms with Crippen LogP contribution in [0, 0.1) is 5.82 Å². The third kappa shape index (κ3) is 5.30. The Labute approximate surface area is 177 Å². The fourth-order valence-corrected chi connectivity index (χ4v) is 4.23. The van der Waals surface area contributed by atoms with Gasteiger partial charge in [0, 0.05) is 19.6 Å². The van der Waals surface area contributed by atoms with E-state index in [4.69, 9.17) is 4.74 Å². The van der Waals surface area contributed by atoms with E-state index in [1.54, 1.807) is 11.0 Å². The molecular weight excluding hydrogens is 381 g/mol. The van der Waals surface area contributed by atoms with E-state index in [2.05, 4.69) is 10.2 Å². The van der Waals surface area contributed by atoms with Crippen LogP contribution in [0.2, 0.25) is 0 Å². The van der Waals surface area contributed by atoms with Crippen LogP contribution in [0.1, 0.15) is 42.9 Å². The number of nitrogens with zero attached hydrogens (tertiary/aromatic N) is 2. The van der Waals surface area contributed by atoms with Gasteiger partial charge in [-0.15, -0.1) is 0 Å². The fraction of sp³-hybridized carbons (Fsp3) is 0.458. The van der Waals surface area contributed by atoms with Crippen LogP contribution in [0.5, 0.6) is 5.75 Å². The first-order valence-electron chi connectivity index (χ1n) is 10.9. The molecule has 2 aromatic rings. The summed E-state index contributed by atoms with van der Waals surface area (Å²) in [6.45, 7) is 4.80. The highest BCUT2D eigenvalue weighted by Crippen LogP contribution is 2.24. The second-order valence-electron chi connectivity index (χ2n) is 8.16. The molecule has 5 nitrogen and oxygen atoms in total. The van der Waals surface area contributed by atoms with Gasteiger partial charge in [0.2, 0.25) is 0 Å². The van der Waals surface area contributed by atoms with E-state index >= 15 is 0 Å². The Morgan fingerprint density at radius 3 is 2.63 bits per heavy atom. The molecule has 0 aliphatic carbocycles. The molecule has 160 valence electrons. The number of hydrogen-bond acceptors (Lipinski definition) is 3. The lowest BCUT2D eigenvalue weighted by molar-refractivity contribution is 0.203. The van der Waals surface area contributed by atoms with Crippen molar-refractivity contribution in [1.29, 1.82) is 0 Å². The summed E-state index contributed by atoms with van der Waals surface area (Å²) in [6.07, 6.45) is 4.78. The van der Waals surface area contributed by atoms with Crippen LogP contribution in [0.25, 0.3) is 0 Å². The minimum Gasteiger partial charge on any atom is -0.490 e. The van der Waals surface area contributed by atoms with Crippen molar-refractivity contribution >= 4 is 6.03 Å². The number of likely N-dealkylation sites (tertiary alicyclic amines) is 1. The first-order valence-corrected chi connectivity index (χ1v) is 10.9. The van der Waals surface area contributed by atoms with Gasteiger partial charge in [-0.2, -0.15) is 0 Å². The van der Waals surface area contributed by atoms with Crippen LogP contribution in [-0.2, 0) is 6.54 Å². The second kappa shape index (κ2) is 9.94. The molecule has 2 fully saturated rings. The van der Waals surface area contributed by atoms with Crippen LogP contribution in [0.3, 0.4) is 0 Å². The van der Waals surface area contributed by atoms with Crippen molar-refractivity contribution in [2.45, 2.75) is 38.3 Å². The predicted octanol–water partition coefficient (Wildman–Crippen LogP) is 4.35. The zero-order chi connectivity index (χ0) is 20.8. The monoisotopic (exact) mass is 411 g/mol. The molecule has 0 spiro atoms. The molecule has 2 amide bonds. The van der Waals surface area contributed by atoms with E-state index in [-0.39, 0.29) is 23.6 Å². The van der Waals surface area contributed by atoms with Crippen LogP contribution < -0.4 is 10.1 Å². The topological polar surface area (TPSA) is 44.8 Å². The number of rotatable bonds is 8. The van der Waals surface area contributed by atoms with Crippen molar-refractivity contribution in [3.05, 3.63) is 65.5 Å². The van der Waals surface area contributed by atoms with Crippen molar-refractivity contribution in [2.75, 3.05) is 32.8 Å². The number of amides is 2. The smallest absolute Gasteiger partial charge is 0.318 e. The molecule has 4 rings (SSSR count). The molecule has 0 radical (unpaired) electrons. The number of carbonyl (C=O) groups excluding carboxylic acids is 1. The molecule has 2 aliphatic heterocycles. The van der Waals surface area contributed by atoms with E-state index in [1.807, 2.05) is 36.4 Å². The summed E-state index contributed by atoms with van der Waals surface area (Å²) >= 11 is 0. The Kier molecular flexibility index (Phi) is 6.84. The molecule has 1 atom stereocenters. The first-order chi connectivity index (χ1) is 14.7. The lowest BCUT2D eigenvalue weighted by atomic mass is 10.1. The number of nitrogens with one attached hydrogen (secondary N) is 1. The van der Waals surface area contributed by atoms with Gasteiger partial charge in [-0.3, -0.25) is 0 Å². The zero-order valence-electron chi connectivity index (χ0n) is 17.4. The molecule has 0 bridgehead atoms. The summed E-state index contributed by atoms with van der Waals surface area (Å²) < 4.78 is 20.1. The molecule has 2 heterocycles. The van der Waals surface area contributed by atoms with Crippen molar-refractivity contribution in [3.8, 4) is 5.75 Å². The number of halogens is 1. The summed E-state index contributed by atoms with van der Waals surface area (Å²) in [5.41, 5.74) is 1.84. The standard InChI is InChI=1S/C24H30FN3O2/c25-21-16-19(10-11-23(21)30-15-7-14-27-12-5-2-6-13-27)17-28-18-22(26-24(28)29)20-8-3-1-4-9-20/h1,3-4,8-11,16,22H,2,5-7,12-15,17-18H2,(H,26,29)/t22-/m1/s1. The maximum absolute atomic E-state index is 14.5. The number of urea groups is 1. The minimum absolute atomic E-state index is 0.0361. The number of piperidine rings is 1. The zero-order valence-corrected chi connectivity index (χ0v) is 17.4. The second-order valence-corrected chi connectivity index (χ2v) is 8.16. The Balaban J connectivity index is 1.26. The van der Waals surface area contributed by atoms with Gasteiger partial charge in [0.05, 0.1) is 12.6 Å². The van der Waals surface area contributed by atoms with E-state index in [0.717, 1.165) is 37.2 Å². The molecule has 0 saturated carbocycles. The van der Waals surface area contributed by atoms with E-state index in [0.29, 0.717) is 19.7 Å². The maximum atomic E-state index is 14.5. The minimum atomic E-state index is -0.371. The summed E-state index contributed by atoms with van der Waals surface area (Å²) in [4.78, 5) is 16.5. The van der Waals surface area contributed by atoms with E-state index in [9.17, 15) is 9.18 Å². The normalized spacial score (nSPS) is 19.7. The van der Waals surface area contributed by atoms with Gasteiger partial charge < -0.3 is 19.9 Å². The average Bonchev–Trinajstić information content (AvgIpc) is 3.14. The van der Waals surface area contributed by atoms with Gasteiger partial charge in [-0.05, 0) is 55.6 Å². The molecular formula is C24H30FN3O2. The van der Waals surface area contributed by atoms with E-state index in [1.165, 1.54) is 25.3 Å². The third-order valence-electron chi connectivity index (χ3n) is 5.88. The Morgan fingerprint density at radius 1 is 1.07 bits per heavy atom. The Hall–Kier alpha value is -2.60. The van der Waals surface area contributed by atoms with Crippen LogP contribution >= 0.6 is 0 Å². The average molecular weight is 412 g/mol. The third-order valence-corrected chi connectivity index (χ3v) is 5.88. The lowest BCUT2D eigenvalue weighted by Gasteiger charge is -2.26. The number of hydrogen-bond donors (Lipinski definition) is 1.